The van der Waals surface area contributed by atoms with Crippen LogP contribution in [0.1, 0.15) is 33.6 Å². The van der Waals surface area contributed by atoms with Crippen molar-refractivity contribution >= 4 is 10.0 Å². The Bertz CT molecular complexity index is 314. The third-order valence-corrected chi connectivity index (χ3v) is 5.27. The molecule has 1 aliphatic heterocycles. The Labute approximate surface area is 99.5 Å². The lowest BCUT2D eigenvalue weighted by molar-refractivity contribution is 0.239. The highest BCUT2D eigenvalue weighted by molar-refractivity contribution is 7.90. The molecular weight excluding hydrogens is 224 g/mol. The van der Waals surface area contributed by atoms with Gasteiger partial charge in [0.1, 0.15) is 0 Å². The molecule has 16 heavy (non-hydrogen) atoms. The van der Waals surface area contributed by atoms with Gasteiger partial charge in [-0.05, 0) is 46.2 Å². The van der Waals surface area contributed by atoms with Gasteiger partial charge in [0.25, 0.3) is 0 Å². The Kier molecular flexibility index (Phi) is 4.76. The van der Waals surface area contributed by atoms with Crippen molar-refractivity contribution in [1.29, 1.82) is 0 Å². The van der Waals surface area contributed by atoms with Crippen molar-refractivity contribution in [3.05, 3.63) is 0 Å². The maximum atomic E-state index is 11.6. The van der Waals surface area contributed by atoms with Gasteiger partial charge >= 0.3 is 0 Å². The molecule has 0 aromatic heterocycles. The Morgan fingerprint density at radius 1 is 1.38 bits per heavy atom. The van der Waals surface area contributed by atoms with E-state index in [0.29, 0.717) is 18.5 Å². The van der Waals surface area contributed by atoms with E-state index >= 15 is 0 Å². The van der Waals surface area contributed by atoms with Gasteiger partial charge in [-0.15, -0.1) is 0 Å². The Morgan fingerprint density at radius 3 is 2.44 bits per heavy atom. The van der Waals surface area contributed by atoms with Crippen LogP contribution in [0.2, 0.25) is 0 Å². The van der Waals surface area contributed by atoms with Gasteiger partial charge in [0.15, 0.2) is 0 Å². The molecule has 0 aromatic rings. The fourth-order valence-electron chi connectivity index (χ4n) is 2.21. The predicted molar refractivity (Wildman–Crippen MR) is 66.9 cm³/mol. The van der Waals surface area contributed by atoms with Crippen molar-refractivity contribution < 1.29 is 8.42 Å². The number of rotatable bonds is 5. The largest absolute Gasteiger partial charge is 0.303 e. The fraction of sp³-hybridized carbons (Fsp3) is 1.00. The van der Waals surface area contributed by atoms with E-state index in [0.717, 1.165) is 6.54 Å². The quantitative estimate of drug-likeness (QED) is 0.791. The third kappa shape index (κ3) is 3.43. The normalized spacial score (nSPS) is 25.2. The van der Waals surface area contributed by atoms with Gasteiger partial charge in [0.2, 0.25) is 10.0 Å². The van der Waals surface area contributed by atoms with Crippen molar-refractivity contribution in [3.8, 4) is 0 Å². The first-order valence-electron chi connectivity index (χ1n) is 6.03. The number of hydrogen-bond donors (Lipinski definition) is 1. The average molecular weight is 248 g/mol. The highest BCUT2D eigenvalue weighted by atomic mass is 32.2. The molecule has 0 aliphatic carbocycles. The SMILES string of the molecule is CC(CNS(=O)(=O)C(C)C)C1CCCN1C. The molecule has 5 heteroatoms. The smallest absolute Gasteiger partial charge is 0.213 e. The van der Waals surface area contributed by atoms with E-state index in [4.69, 9.17) is 0 Å². The summed E-state index contributed by atoms with van der Waals surface area (Å²) in [4.78, 5) is 2.33. The van der Waals surface area contributed by atoms with Gasteiger partial charge < -0.3 is 4.90 Å². The highest BCUT2D eigenvalue weighted by Gasteiger charge is 2.27. The van der Waals surface area contributed by atoms with Crippen LogP contribution < -0.4 is 4.72 Å². The first-order chi connectivity index (χ1) is 7.34. The Hall–Kier alpha value is -0.130. The van der Waals surface area contributed by atoms with Gasteiger partial charge in [-0.25, -0.2) is 13.1 Å². The summed E-state index contributed by atoms with van der Waals surface area (Å²) in [6.07, 6.45) is 2.41. The number of likely N-dealkylation sites (tertiary alicyclic amines) is 1. The number of nitrogens with zero attached hydrogens (tertiary/aromatic N) is 1. The number of nitrogens with one attached hydrogen (secondary N) is 1. The van der Waals surface area contributed by atoms with Crippen molar-refractivity contribution in [2.75, 3.05) is 20.1 Å². The van der Waals surface area contributed by atoms with Crippen LogP contribution in [0.3, 0.4) is 0 Å². The molecule has 1 fully saturated rings. The zero-order chi connectivity index (χ0) is 12.3. The summed E-state index contributed by atoms with van der Waals surface area (Å²) in [5.74, 6) is 0.376. The van der Waals surface area contributed by atoms with E-state index in [2.05, 4.69) is 23.6 Å². The summed E-state index contributed by atoms with van der Waals surface area (Å²) in [5, 5.41) is -0.346. The van der Waals surface area contributed by atoms with E-state index in [1.54, 1.807) is 13.8 Å². The third-order valence-electron chi connectivity index (χ3n) is 3.46. The summed E-state index contributed by atoms with van der Waals surface area (Å²) >= 11 is 0. The molecule has 1 saturated heterocycles. The molecule has 0 saturated carbocycles. The number of sulfonamides is 1. The van der Waals surface area contributed by atoms with Gasteiger partial charge in [0.05, 0.1) is 5.25 Å². The second kappa shape index (κ2) is 5.47. The molecule has 96 valence electrons. The summed E-state index contributed by atoms with van der Waals surface area (Å²) < 4.78 is 25.9. The van der Waals surface area contributed by atoms with E-state index in [-0.39, 0.29) is 5.25 Å². The highest BCUT2D eigenvalue weighted by Crippen LogP contribution is 2.21. The van der Waals surface area contributed by atoms with Crippen LogP contribution in [0.15, 0.2) is 0 Å². The van der Waals surface area contributed by atoms with Crippen molar-refractivity contribution in [1.82, 2.24) is 9.62 Å². The zero-order valence-corrected chi connectivity index (χ0v) is 11.5. The summed E-state index contributed by atoms with van der Waals surface area (Å²) in [5.41, 5.74) is 0. The van der Waals surface area contributed by atoms with Crippen LogP contribution in [0.4, 0.5) is 0 Å². The molecule has 1 N–H and O–H groups in total. The zero-order valence-electron chi connectivity index (χ0n) is 10.7. The molecule has 0 bridgehead atoms. The standard InChI is InChI=1S/C11H24N2O2S/c1-9(2)16(14,15)12-8-10(3)11-6-5-7-13(11)4/h9-12H,5-8H2,1-4H3. The van der Waals surface area contributed by atoms with Gasteiger partial charge in [0, 0.05) is 12.6 Å². The predicted octanol–water partition coefficient (Wildman–Crippen LogP) is 1.04. The van der Waals surface area contributed by atoms with Crippen LogP contribution in [-0.2, 0) is 10.0 Å². The minimum atomic E-state index is -3.11. The van der Waals surface area contributed by atoms with Gasteiger partial charge in [-0.2, -0.15) is 0 Å². The molecule has 0 spiro atoms. The fourth-order valence-corrected chi connectivity index (χ4v) is 3.03. The second-order valence-electron chi connectivity index (χ2n) is 5.11. The molecule has 1 heterocycles. The Morgan fingerprint density at radius 2 is 2.00 bits per heavy atom. The molecule has 0 radical (unpaired) electrons. The number of hydrogen-bond acceptors (Lipinski definition) is 3. The maximum absolute atomic E-state index is 11.6. The van der Waals surface area contributed by atoms with E-state index < -0.39 is 10.0 Å². The van der Waals surface area contributed by atoms with Crippen molar-refractivity contribution in [3.63, 3.8) is 0 Å². The first kappa shape index (κ1) is 13.9. The lowest BCUT2D eigenvalue weighted by Crippen LogP contribution is -2.40. The van der Waals surface area contributed by atoms with Gasteiger partial charge in [-0.1, -0.05) is 6.92 Å². The minimum Gasteiger partial charge on any atom is -0.303 e. The molecule has 1 rings (SSSR count). The lowest BCUT2D eigenvalue weighted by atomic mass is 10.0. The molecule has 2 unspecified atom stereocenters. The average Bonchev–Trinajstić information content (AvgIpc) is 2.61. The molecule has 0 amide bonds. The monoisotopic (exact) mass is 248 g/mol. The second-order valence-corrected chi connectivity index (χ2v) is 7.43. The molecular formula is C11H24N2O2S. The Balaban J connectivity index is 2.44. The van der Waals surface area contributed by atoms with E-state index in [9.17, 15) is 8.42 Å². The van der Waals surface area contributed by atoms with Crippen LogP contribution >= 0.6 is 0 Å². The summed E-state index contributed by atoms with van der Waals surface area (Å²) in [6, 6.07) is 0.523. The first-order valence-corrected chi connectivity index (χ1v) is 7.58. The van der Waals surface area contributed by atoms with Crippen LogP contribution in [-0.4, -0.2) is 44.7 Å². The van der Waals surface area contributed by atoms with Crippen LogP contribution in [0.25, 0.3) is 0 Å². The summed E-state index contributed by atoms with van der Waals surface area (Å²) in [6.45, 7) is 7.21. The molecule has 0 aromatic carbocycles. The molecule has 4 nitrogen and oxygen atoms in total. The maximum Gasteiger partial charge on any atom is 0.213 e. The van der Waals surface area contributed by atoms with Crippen molar-refractivity contribution in [2.45, 2.75) is 44.9 Å². The van der Waals surface area contributed by atoms with Gasteiger partial charge in [-0.3, -0.25) is 0 Å². The van der Waals surface area contributed by atoms with Crippen LogP contribution in [0, 0.1) is 5.92 Å². The van der Waals surface area contributed by atoms with E-state index in [1.165, 1.54) is 12.8 Å². The van der Waals surface area contributed by atoms with E-state index in [1.807, 2.05) is 0 Å². The summed E-state index contributed by atoms with van der Waals surface area (Å²) in [7, 11) is -0.993. The van der Waals surface area contributed by atoms with Crippen molar-refractivity contribution in [2.24, 2.45) is 5.92 Å². The topological polar surface area (TPSA) is 49.4 Å². The minimum absolute atomic E-state index is 0.346. The molecule has 1 aliphatic rings. The molecule has 2 atom stereocenters. The lowest BCUT2D eigenvalue weighted by Gasteiger charge is -2.26. The van der Waals surface area contributed by atoms with Crippen LogP contribution in [0.5, 0.6) is 0 Å².